The molecular weight excluding hydrogens is 167 g/mol. The van der Waals surface area contributed by atoms with E-state index in [2.05, 4.69) is 5.92 Å². The molecule has 0 spiro atoms. The average Bonchev–Trinajstić information content (AvgIpc) is 2.45. The number of fused-ring (bicyclic) bond motifs is 1. The first-order valence-corrected chi connectivity index (χ1v) is 4.15. The number of benzene rings is 1. The van der Waals surface area contributed by atoms with Gasteiger partial charge >= 0.3 is 0 Å². The van der Waals surface area contributed by atoms with Crippen LogP contribution in [0.1, 0.15) is 17.5 Å². The number of halogens is 1. The van der Waals surface area contributed by atoms with Crippen LogP contribution >= 0.6 is 0 Å². The van der Waals surface area contributed by atoms with Gasteiger partial charge < -0.3 is 5.11 Å². The highest BCUT2D eigenvalue weighted by atomic mass is 19.1. The van der Waals surface area contributed by atoms with Crippen LogP contribution in [-0.4, -0.2) is 5.11 Å². The van der Waals surface area contributed by atoms with E-state index in [4.69, 9.17) is 6.42 Å². The molecule has 2 rings (SSSR count). The fourth-order valence-corrected chi connectivity index (χ4v) is 1.75. The maximum atomic E-state index is 12.9. The van der Waals surface area contributed by atoms with Crippen molar-refractivity contribution in [3.63, 3.8) is 0 Å². The Kier molecular flexibility index (Phi) is 1.64. The zero-order chi connectivity index (χ0) is 9.47. The zero-order valence-corrected chi connectivity index (χ0v) is 7.05. The van der Waals surface area contributed by atoms with Crippen LogP contribution in [0.5, 0.6) is 0 Å². The molecule has 1 aliphatic rings. The van der Waals surface area contributed by atoms with Gasteiger partial charge in [-0.15, -0.1) is 6.42 Å². The van der Waals surface area contributed by atoms with Crippen molar-refractivity contribution in [2.45, 2.75) is 18.4 Å². The fraction of sp³-hybridized carbons (Fsp3) is 0.273. The van der Waals surface area contributed by atoms with Gasteiger partial charge in [0.2, 0.25) is 0 Å². The lowest BCUT2D eigenvalue weighted by Gasteiger charge is -2.15. The number of hydrogen-bond donors (Lipinski definition) is 1. The van der Waals surface area contributed by atoms with E-state index >= 15 is 0 Å². The molecule has 0 radical (unpaired) electrons. The molecular formula is C11H9FO. The predicted molar refractivity (Wildman–Crippen MR) is 47.5 cm³/mol. The summed E-state index contributed by atoms with van der Waals surface area (Å²) in [5.41, 5.74) is 0.245. The van der Waals surface area contributed by atoms with E-state index in [1.54, 1.807) is 6.07 Å². The van der Waals surface area contributed by atoms with Gasteiger partial charge in [-0.05, 0) is 30.5 Å². The Labute approximate surface area is 76.2 Å². The smallest absolute Gasteiger partial charge is 0.151 e. The molecule has 0 bridgehead atoms. The SMILES string of the molecule is C#CC1(O)CCc2ccc(F)cc21. The van der Waals surface area contributed by atoms with Crippen LogP contribution in [0, 0.1) is 18.2 Å². The van der Waals surface area contributed by atoms with Crippen molar-refractivity contribution in [3.05, 3.63) is 35.1 Å². The molecule has 0 saturated carbocycles. The van der Waals surface area contributed by atoms with Crippen molar-refractivity contribution in [2.75, 3.05) is 0 Å². The highest BCUT2D eigenvalue weighted by Gasteiger charge is 2.34. The molecule has 1 unspecified atom stereocenters. The minimum absolute atomic E-state index is 0.352. The van der Waals surface area contributed by atoms with Gasteiger partial charge in [-0.2, -0.15) is 0 Å². The quantitative estimate of drug-likeness (QED) is 0.595. The van der Waals surface area contributed by atoms with Crippen LogP contribution in [-0.2, 0) is 12.0 Å². The molecule has 1 aromatic rings. The Morgan fingerprint density at radius 1 is 1.54 bits per heavy atom. The Hall–Kier alpha value is -1.33. The lowest BCUT2D eigenvalue weighted by Crippen LogP contribution is -2.19. The maximum Gasteiger partial charge on any atom is 0.151 e. The van der Waals surface area contributed by atoms with Gasteiger partial charge in [-0.1, -0.05) is 12.0 Å². The minimum atomic E-state index is -1.25. The monoisotopic (exact) mass is 176 g/mol. The Morgan fingerprint density at radius 3 is 3.00 bits per heavy atom. The molecule has 0 aliphatic heterocycles. The zero-order valence-electron chi connectivity index (χ0n) is 7.05. The first-order valence-electron chi connectivity index (χ1n) is 4.15. The number of hydrogen-bond acceptors (Lipinski definition) is 1. The summed E-state index contributed by atoms with van der Waals surface area (Å²) < 4.78 is 12.9. The molecule has 1 aromatic carbocycles. The molecule has 0 fully saturated rings. The summed E-state index contributed by atoms with van der Waals surface area (Å²) in [7, 11) is 0. The Morgan fingerprint density at radius 2 is 2.31 bits per heavy atom. The third kappa shape index (κ3) is 1.13. The normalized spacial score (nSPS) is 25.3. The molecule has 0 aromatic heterocycles. The van der Waals surface area contributed by atoms with E-state index in [0.29, 0.717) is 12.0 Å². The molecule has 13 heavy (non-hydrogen) atoms. The van der Waals surface area contributed by atoms with Gasteiger partial charge in [0.15, 0.2) is 5.60 Å². The summed E-state index contributed by atoms with van der Waals surface area (Å²) in [6, 6.07) is 4.39. The van der Waals surface area contributed by atoms with Crippen LogP contribution < -0.4 is 0 Å². The van der Waals surface area contributed by atoms with E-state index in [-0.39, 0.29) is 5.82 Å². The highest BCUT2D eigenvalue weighted by molar-refractivity contribution is 5.42. The first-order chi connectivity index (χ1) is 6.15. The van der Waals surface area contributed by atoms with Gasteiger partial charge in [-0.25, -0.2) is 4.39 Å². The second-order valence-electron chi connectivity index (χ2n) is 3.31. The maximum absolute atomic E-state index is 12.9. The van der Waals surface area contributed by atoms with Crippen molar-refractivity contribution < 1.29 is 9.50 Å². The van der Waals surface area contributed by atoms with Crippen LogP contribution in [0.2, 0.25) is 0 Å². The second-order valence-corrected chi connectivity index (χ2v) is 3.31. The topological polar surface area (TPSA) is 20.2 Å². The average molecular weight is 176 g/mol. The molecule has 1 atom stereocenters. The number of aliphatic hydroxyl groups is 1. The van der Waals surface area contributed by atoms with Crippen LogP contribution in [0.15, 0.2) is 18.2 Å². The van der Waals surface area contributed by atoms with Crippen LogP contribution in [0.4, 0.5) is 4.39 Å². The lowest BCUT2D eigenvalue weighted by molar-refractivity contribution is 0.102. The molecule has 0 heterocycles. The van der Waals surface area contributed by atoms with Crippen molar-refractivity contribution in [3.8, 4) is 12.3 Å². The van der Waals surface area contributed by atoms with Crippen LogP contribution in [0.25, 0.3) is 0 Å². The predicted octanol–water partition coefficient (Wildman–Crippen LogP) is 1.59. The van der Waals surface area contributed by atoms with Crippen molar-refractivity contribution in [1.82, 2.24) is 0 Å². The summed E-state index contributed by atoms with van der Waals surface area (Å²) in [5.74, 6) is 1.96. The first kappa shape index (κ1) is 8.28. The van der Waals surface area contributed by atoms with E-state index < -0.39 is 5.60 Å². The van der Waals surface area contributed by atoms with E-state index in [9.17, 15) is 9.50 Å². The number of aryl methyl sites for hydroxylation is 1. The van der Waals surface area contributed by atoms with Gasteiger partial charge in [0.1, 0.15) is 5.82 Å². The van der Waals surface area contributed by atoms with Crippen molar-refractivity contribution >= 4 is 0 Å². The van der Waals surface area contributed by atoms with Gasteiger partial charge in [0, 0.05) is 5.56 Å². The lowest BCUT2D eigenvalue weighted by atomic mass is 9.97. The van der Waals surface area contributed by atoms with Crippen LogP contribution in [0.3, 0.4) is 0 Å². The standard InChI is InChI=1S/C11H9FO/c1-2-11(13)6-5-8-3-4-9(12)7-10(8)11/h1,3-4,7,13H,5-6H2. The summed E-state index contributed by atoms with van der Waals surface area (Å²) >= 11 is 0. The van der Waals surface area contributed by atoms with Crippen molar-refractivity contribution in [2.24, 2.45) is 0 Å². The molecule has 1 aliphatic carbocycles. The molecule has 1 nitrogen and oxygen atoms in total. The second kappa shape index (κ2) is 2.58. The minimum Gasteiger partial charge on any atom is -0.373 e. The van der Waals surface area contributed by atoms with E-state index in [0.717, 1.165) is 12.0 Å². The third-order valence-electron chi connectivity index (χ3n) is 2.51. The summed E-state index contributed by atoms with van der Waals surface area (Å²) in [5, 5.41) is 9.87. The summed E-state index contributed by atoms with van der Waals surface area (Å²) in [6.45, 7) is 0. The van der Waals surface area contributed by atoms with Crippen molar-refractivity contribution in [1.29, 1.82) is 0 Å². The van der Waals surface area contributed by atoms with Gasteiger partial charge in [-0.3, -0.25) is 0 Å². The number of rotatable bonds is 0. The summed E-state index contributed by atoms with van der Waals surface area (Å²) in [6.07, 6.45) is 6.42. The number of terminal acetylenes is 1. The molecule has 0 amide bonds. The molecule has 0 saturated heterocycles. The third-order valence-corrected chi connectivity index (χ3v) is 2.51. The summed E-state index contributed by atoms with van der Waals surface area (Å²) in [4.78, 5) is 0. The largest absolute Gasteiger partial charge is 0.373 e. The van der Waals surface area contributed by atoms with Gasteiger partial charge in [0.25, 0.3) is 0 Å². The highest BCUT2D eigenvalue weighted by Crippen LogP contribution is 2.36. The molecule has 2 heteroatoms. The Balaban J connectivity index is 2.60. The van der Waals surface area contributed by atoms with Gasteiger partial charge in [0.05, 0.1) is 0 Å². The fourth-order valence-electron chi connectivity index (χ4n) is 1.75. The molecule has 1 N–H and O–H groups in total. The van der Waals surface area contributed by atoms with E-state index in [1.165, 1.54) is 12.1 Å². The van der Waals surface area contributed by atoms with E-state index in [1.807, 2.05) is 0 Å². The Bertz CT molecular complexity index is 392. The molecule has 66 valence electrons.